The first-order valence-electron chi connectivity index (χ1n) is 5.33. The molecule has 21 heavy (non-hydrogen) atoms. The van der Waals surface area contributed by atoms with Crippen molar-refractivity contribution in [2.75, 3.05) is 4.72 Å². The summed E-state index contributed by atoms with van der Waals surface area (Å²) in [6, 6.07) is 6.44. The van der Waals surface area contributed by atoms with Gasteiger partial charge >= 0.3 is 0 Å². The number of nitrogens with one attached hydrogen (secondary N) is 1. The molecule has 2 aromatic rings. The van der Waals surface area contributed by atoms with Crippen molar-refractivity contribution in [1.29, 1.82) is 0 Å². The summed E-state index contributed by atoms with van der Waals surface area (Å²) >= 11 is 18.1. The van der Waals surface area contributed by atoms with Gasteiger partial charge in [-0.05, 0) is 46.3 Å². The molecule has 1 N–H and O–H groups in total. The SMILES string of the molecule is O=S(=O)(Nc1c(Cl)cc(Br)cc1Cl)c1ccc(Br)c(F)c1. The van der Waals surface area contributed by atoms with E-state index in [1.54, 1.807) is 0 Å². The molecule has 0 radical (unpaired) electrons. The fraction of sp³-hybridized carbons (Fsp3) is 0. The third-order valence-electron chi connectivity index (χ3n) is 2.44. The quantitative estimate of drug-likeness (QED) is 0.638. The van der Waals surface area contributed by atoms with Gasteiger partial charge in [0.25, 0.3) is 10.0 Å². The average Bonchev–Trinajstić information content (AvgIpc) is 2.37. The van der Waals surface area contributed by atoms with Crippen LogP contribution in [0.5, 0.6) is 0 Å². The number of sulfonamides is 1. The van der Waals surface area contributed by atoms with Gasteiger partial charge in [0.15, 0.2) is 0 Å². The Morgan fingerprint density at radius 3 is 2.14 bits per heavy atom. The lowest BCUT2D eigenvalue weighted by Gasteiger charge is -2.12. The molecule has 0 fully saturated rings. The van der Waals surface area contributed by atoms with Gasteiger partial charge in [0.05, 0.1) is 25.1 Å². The molecule has 0 unspecified atom stereocenters. The summed E-state index contributed by atoms with van der Waals surface area (Å²) in [6.45, 7) is 0. The van der Waals surface area contributed by atoms with Gasteiger partial charge in [-0.1, -0.05) is 39.1 Å². The zero-order chi connectivity index (χ0) is 15.8. The van der Waals surface area contributed by atoms with E-state index in [4.69, 9.17) is 23.2 Å². The van der Waals surface area contributed by atoms with E-state index >= 15 is 0 Å². The normalized spacial score (nSPS) is 11.5. The van der Waals surface area contributed by atoms with Gasteiger partial charge in [0.2, 0.25) is 0 Å². The van der Waals surface area contributed by atoms with Crippen molar-refractivity contribution < 1.29 is 12.8 Å². The average molecular weight is 478 g/mol. The molecule has 112 valence electrons. The molecule has 0 bridgehead atoms. The van der Waals surface area contributed by atoms with E-state index in [1.165, 1.54) is 24.3 Å². The molecule has 9 heteroatoms. The Balaban J connectivity index is 2.44. The molecule has 0 aliphatic carbocycles. The summed E-state index contributed by atoms with van der Waals surface area (Å²) in [7, 11) is -4.01. The highest BCUT2D eigenvalue weighted by atomic mass is 79.9. The second kappa shape index (κ2) is 6.42. The summed E-state index contributed by atoms with van der Waals surface area (Å²) in [5.41, 5.74) is 0.0323. The number of rotatable bonds is 3. The van der Waals surface area contributed by atoms with Crippen molar-refractivity contribution in [1.82, 2.24) is 0 Å². The molecule has 0 heterocycles. The van der Waals surface area contributed by atoms with Crippen molar-refractivity contribution in [2.45, 2.75) is 4.90 Å². The number of anilines is 1. The molecular weight excluding hydrogens is 472 g/mol. The highest BCUT2D eigenvalue weighted by molar-refractivity contribution is 9.10. The van der Waals surface area contributed by atoms with Crippen molar-refractivity contribution >= 4 is 70.8 Å². The predicted molar refractivity (Wildman–Crippen MR) is 89.1 cm³/mol. The Kier molecular flexibility index (Phi) is 5.20. The predicted octanol–water partition coefficient (Wildman–Crippen LogP) is 5.46. The zero-order valence-electron chi connectivity index (χ0n) is 10.0. The second-order valence-electron chi connectivity index (χ2n) is 3.93. The number of halogens is 5. The van der Waals surface area contributed by atoms with E-state index in [-0.39, 0.29) is 25.1 Å². The Labute approximate surface area is 147 Å². The Morgan fingerprint density at radius 2 is 1.62 bits per heavy atom. The van der Waals surface area contributed by atoms with Gasteiger partial charge in [-0.15, -0.1) is 0 Å². The van der Waals surface area contributed by atoms with Crippen molar-refractivity contribution in [3.8, 4) is 0 Å². The van der Waals surface area contributed by atoms with Gasteiger partial charge in [-0.25, -0.2) is 12.8 Å². The van der Waals surface area contributed by atoms with Crippen LogP contribution in [0.1, 0.15) is 0 Å². The first-order valence-corrected chi connectivity index (χ1v) is 9.15. The lowest BCUT2D eigenvalue weighted by molar-refractivity contribution is 0.593. The van der Waals surface area contributed by atoms with Gasteiger partial charge in [-0.3, -0.25) is 4.72 Å². The number of hydrogen-bond acceptors (Lipinski definition) is 2. The molecule has 0 aromatic heterocycles. The molecule has 3 nitrogen and oxygen atoms in total. The molecule has 0 aliphatic heterocycles. The molecular formula is C12H6Br2Cl2FNO2S. The van der Waals surface area contributed by atoms with Crippen LogP contribution in [0, 0.1) is 5.82 Å². The molecule has 0 aliphatic rings. The standard InChI is InChI=1S/C12H6Br2Cl2FNO2S/c13-6-3-9(15)12(10(16)4-6)18-21(19,20)7-1-2-8(14)11(17)5-7/h1-5,18H. The number of benzene rings is 2. The highest BCUT2D eigenvalue weighted by Crippen LogP contribution is 2.35. The van der Waals surface area contributed by atoms with Crippen LogP contribution in [0.3, 0.4) is 0 Å². The minimum absolute atomic E-state index is 0.0323. The minimum Gasteiger partial charge on any atom is -0.277 e. The molecule has 0 atom stereocenters. The summed E-state index contributed by atoms with van der Waals surface area (Å²) in [4.78, 5) is -0.238. The lowest BCUT2D eigenvalue weighted by atomic mass is 10.3. The summed E-state index contributed by atoms with van der Waals surface area (Å²) in [5, 5.41) is 0.242. The maximum Gasteiger partial charge on any atom is 0.262 e. The molecule has 0 amide bonds. The first-order chi connectivity index (χ1) is 9.70. The molecule has 2 rings (SSSR count). The van der Waals surface area contributed by atoms with E-state index in [1.807, 2.05) is 0 Å². The van der Waals surface area contributed by atoms with Crippen LogP contribution < -0.4 is 4.72 Å². The highest BCUT2D eigenvalue weighted by Gasteiger charge is 2.19. The summed E-state index contributed by atoms with van der Waals surface area (Å²) in [5.74, 6) is -0.689. The van der Waals surface area contributed by atoms with Crippen LogP contribution in [-0.2, 0) is 10.0 Å². The largest absolute Gasteiger partial charge is 0.277 e. The van der Waals surface area contributed by atoms with Gasteiger partial charge in [0.1, 0.15) is 5.82 Å². The minimum atomic E-state index is -4.01. The van der Waals surface area contributed by atoms with Crippen LogP contribution in [0.15, 0.2) is 44.2 Å². The third kappa shape index (κ3) is 3.90. The van der Waals surface area contributed by atoms with Crippen molar-refractivity contribution in [3.05, 3.63) is 55.1 Å². The fourth-order valence-electron chi connectivity index (χ4n) is 1.48. The molecule has 0 saturated carbocycles. The van der Waals surface area contributed by atoms with Crippen LogP contribution in [0.4, 0.5) is 10.1 Å². The van der Waals surface area contributed by atoms with Gasteiger partial charge in [0, 0.05) is 4.47 Å². The van der Waals surface area contributed by atoms with E-state index in [9.17, 15) is 12.8 Å². The van der Waals surface area contributed by atoms with Crippen LogP contribution in [0.2, 0.25) is 10.0 Å². The Hall–Kier alpha value is -0.340. The fourth-order valence-corrected chi connectivity index (χ4v) is 4.25. The zero-order valence-corrected chi connectivity index (χ0v) is 15.5. The van der Waals surface area contributed by atoms with Crippen LogP contribution >= 0.6 is 55.1 Å². The first kappa shape index (κ1) is 17.0. The van der Waals surface area contributed by atoms with E-state index in [0.29, 0.717) is 4.47 Å². The molecule has 0 saturated heterocycles. The summed E-state index contributed by atoms with van der Waals surface area (Å²) in [6.07, 6.45) is 0. The van der Waals surface area contributed by atoms with E-state index in [0.717, 1.165) is 6.07 Å². The van der Waals surface area contributed by atoms with E-state index < -0.39 is 15.8 Å². The lowest BCUT2D eigenvalue weighted by Crippen LogP contribution is -2.14. The monoisotopic (exact) mass is 475 g/mol. The third-order valence-corrected chi connectivity index (χ3v) is 5.49. The van der Waals surface area contributed by atoms with Crippen LogP contribution in [-0.4, -0.2) is 8.42 Å². The van der Waals surface area contributed by atoms with Gasteiger partial charge in [-0.2, -0.15) is 0 Å². The smallest absolute Gasteiger partial charge is 0.262 e. The maximum atomic E-state index is 13.5. The van der Waals surface area contributed by atoms with Crippen molar-refractivity contribution in [3.63, 3.8) is 0 Å². The van der Waals surface area contributed by atoms with E-state index in [2.05, 4.69) is 36.6 Å². The summed E-state index contributed by atoms with van der Waals surface area (Å²) < 4.78 is 41.0. The van der Waals surface area contributed by atoms with Gasteiger partial charge < -0.3 is 0 Å². The van der Waals surface area contributed by atoms with Crippen molar-refractivity contribution in [2.24, 2.45) is 0 Å². The maximum absolute atomic E-state index is 13.5. The number of hydrogen-bond donors (Lipinski definition) is 1. The second-order valence-corrected chi connectivity index (χ2v) is 8.19. The Bertz CT molecular complexity index is 792. The van der Waals surface area contributed by atoms with Crippen LogP contribution in [0.25, 0.3) is 0 Å². The molecule has 2 aromatic carbocycles. The Morgan fingerprint density at radius 1 is 1.05 bits per heavy atom. The topological polar surface area (TPSA) is 46.2 Å². The molecule has 0 spiro atoms.